The summed E-state index contributed by atoms with van der Waals surface area (Å²) in [5, 5.41) is 3.87. The van der Waals surface area contributed by atoms with Crippen LogP contribution in [-0.4, -0.2) is 22.9 Å². The molecule has 1 aliphatic rings. The Bertz CT molecular complexity index is 876. The Morgan fingerprint density at radius 3 is 2.79 bits per heavy atom. The summed E-state index contributed by atoms with van der Waals surface area (Å²) >= 11 is 0. The Balaban J connectivity index is 1.42. The number of hydrogen-bond acceptors (Lipinski definition) is 7. The molecule has 4 rings (SSSR count). The molecule has 0 spiro atoms. The van der Waals surface area contributed by atoms with Gasteiger partial charge < -0.3 is 18.7 Å². The number of fused-ring (bicyclic) bond motifs is 1. The van der Waals surface area contributed by atoms with E-state index in [2.05, 4.69) is 10.1 Å². The van der Waals surface area contributed by atoms with Crippen molar-refractivity contribution >= 4 is 5.97 Å². The lowest BCUT2D eigenvalue weighted by atomic mass is 10.2. The van der Waals surface area contributed by atoms with Crippen molar-refractivity contribution in [2.24, 2.45) is 0 Å². The molecule has 0 N–H and O–H groups in total. The smallest absolute Gasteiger partial charge is 0.338 e. The number of benzene rings is 2. The maximum Gasteiger partial charge on any atom is 0.338 e. The van der Waals surface area contributed by atoms with Crippen LogP contribution >= 0.6 is 0 Å². The standard InChI is InChI=1S/C17H12N2O5/c20-17(12-6-7-13-14(8-12)23-10-22-13)21-9-15-18-16(19-24-15)11-4-2-1-3-5-11/h1-8H,9-10H2. The molecular formula is C17H12N2O5. The van der Waals surface area contributed by atoms with Crippen LogP contribution < -0.4 is 9.47 Å². The van der Waals surface area contributed by atoms with Crippen LogP contribution in [0.1, 0.15) is 16.2 Å². The van der Waals surface area contributed by atoms with Crippen molar-refractivity contribution in [3.05, 3.63) is 60.0 Å². The van der Waals surface area contributed by atoms with E-state index >= 15 is 0 Å². The average molecular weight is 324 g/mol. The van der Waals surface area contributed by atoms with Crippen LogP contribution in [0.2, 0.25) is 0 Å². The van der Waals surface area contributed by atoms with E-state index in [4.69, 9.17) is 18.7 Å². The zero-order chi connectivity index (χ0) is 16.4. The van der Waals surface area contributed by atoms with Crippen molar-refractivity contribution in [1.82, 2.24) is 10.1 Å². The second-order valence-electron chi connectivity index (χ2n) is 5.02. The van der Waals surface area contributed by atoms with Crippen molar-refractivity contribution in [3.8, 4) is 22.9 Å². The Kier molecular flexibility index (Phi) is 3.59. The van der Waals surface area contributed by atoms with Gasteiger partial charge in [0.25, 0.3) is 5.89 Å². The van der Waals surface area contributed by atoms with Crippen LogP contribution in [0.3, 0.4) is 0 Å². The zero-order valence-electron chi connectivity index (χ0n) is 12.5. The first-order valence-electron chi connectivity index (χ1n) is 7.24. The van der Waals surface area contributed by atoms with Gasteiger partial charge >= 0.3 is 5.97 Å². The fourth-order valence-corrected chi connectivity index (χ4v) is 2.25. The summed E-state index contributed by atoms with van der Waals surface area (Å²) in [4.78, 5) is 16.3. The Morgan fingerprint density at radius 2 is 1.92 bits per heavy atom. The summed E-state index contributed by atoms with van der Waals surface area (Å²) in [7, 11) is 0. The monoisotopic (exact) mass is 324 g/mol. The van der Waals surface area contributed by atoms with Gasteiger partial charge in [-0.25, -0.2) is 4.79 Å². The molecule has 0 atom stereocenters. The molecule has 3 aromatic rings. The largest absolute Gasteiger partial charge is 0.454 e. The second kappa shape index (κ2) is 6.04. The first-order valence-corrected chi connectivity index (χ1v) is 7.24. The molecule has 2 heterocycles. The highest BCUT2D eigenvalue weighted by Crippen LogP contribution is 2.32. The van der Waals surface area contributed by atoms with E-state index in [-0.39, 0.29) is 19.3 Å². The number of nitrogens with zero attached hydrogens (tertiary/aromatic N) is 2. The van der Waals surface area contributed by atoms with Crippen LogP contribution in [-0.2, 0) is 11.3 Å². The lowest BCUT2D eigenvalue weighted by Gasteiger charge is -2.03. The molecule has 24 heavy (non-hydrogen) atoms. The molecule has 1 aromatic heterocycles. The van der Waals surface area contributed by atoms with Crippen molar-refractivity contribution in [3.63, 3.8) is 0 Å². The van der Waals surface area contributed by atoms with Gasteiger partial charge in [-0.05, 0) is 18.2 Å². The molecule has 7 heteroatoms. The third-order valence-electron chi connectivity index (χ3n) is 3.44. The lowest BCUT2D eigenvalue weighted by molar-refractivity contribution is 0.0429. The molecule has 0 radical (unpaired) electrons. The average Bonchev–Trinajstić information content (AvgIpc) is 3.29. The maximum absolute atomic E-state index is 12.1. The number of rotatable bonds is 4. The van der Waals surface area contributed by atoms with E-state index in [9.17, 15) is 4.79 Å². The minimum absolute atomic E-state index is 0.104. The van der Waals surface area contributed by atoms with Gasteiger partial charge in [-0.3, -0.25) is 0 Å². The third kappa shape index (κ3) is 2.79. The second-order valence-corrected chi connectivity index (χ2v) is 5.02. The fourth-order valence-electron chi connectivity index (χ4n) is 2.25. The molecule has 0 amide bonds. The highest BCUT2D eigenvalue weighted by molar-refractivity contribution is 5.90. The van der Waals surface area contributed by atoms with E-state index < -0.39 is 5.97 Å². The molecule has 1 aliphatic heterocycles. The summed E-state index contributed by atoms with van der Waals surface area (Å²) in [6.45, 7) is 0.0468. The van der Waals surface area contributed by atoms with Crippen LogP contribution in [0.25, 0.3) is 11.4 Å². The zero-order valence-corrected chi connectivity index (χ0v) is 12.5. The molecule has 7 nitrogen and oxygen atoms in total. The van der Waals surface area contributed by atoms with E-state index in [1.54, 1.807) is 18.2 Å². The van der Waals surface area contributed by atoms with Gasteiger partial charge in [-0.15, -0.1) is 0 Å². The first kappa shape index (κ1) is 14.3. The van der Waals surface area contributed by atoms with Crippen LogP contribution in [0, 0.1) is 0 Å². The molecule has 0 saturated carbocycles. The van der Waals surface area contributed by atoms with Gasteiger partial charge in [-0.1, -0.05) is 35.5 Å². The van der Waals surface area contributed by atoms with E-state index in [1.807, 2.05) is 30.3 Å². The lowest BCUT2D eigenvalue weighted by Crippen LogP contribution is -2.05. The molecule has 0 unspecified atom stereocenters. The van der Waals surface area contributed by atoms with Crippen molar-refractivity contribution in [1.29, 1.82) is 0 Å². The highest BCUT2D eigenvalue weighted by atomic mass is 16.7. The number of esters is 1. The Hall–Kier alpha value is -3.35. The van der Waals surface area contributed by atoms with Gasteiger partial charge in [0, 0.05) is 5.56 Å². The number of ether oxygens (including phenoxy) is 3. The predicted molar refractivity (Wildman–Crippen MR) is 81.4 cm³/mol. The predicted octanol–water partition coefficient (Wildman–Crippen LogP) is 2.82. The van der Waals surface area contributed by atoms with E-state index in [0.717, 1.165) is 5.56 Å². The van der Waals surface area contributed by atoms with Crippen molar-refractivity contribution in [2.75, 3.05) is 6.79 Å². The Morgan fingerprint density at radius 1 is 1.08 bits per heavy atom. The maximum atomic E-state index is 12.1. The summed E-state index contributed by atoms with van der Waals surface area (Å²) in [5.41, 5.74) is 1.19. The molecule has 2 aromatic carbocycles. The summed E-state index contributed by atoms with van der Waals surface area (Å²) in [5.74, 6) is 1.30. The minimum Gasteiger partial charge on any atom is -0.454 e. The number of aromatic nitrogens is 2. The normalized spacial score (nSPS) is 12.2. The molecule has 0 fully saturated rings. The molecule has 0 aliphatic carbocycles. The Labute approximate surface area is 136 Å². The number of carbonyl (C=O) groups excluding carboxylic acids is 1. The molecule has 120 valence electrons. The van der Waals surface area contributed by atoms with E-state index in [1.165, 1.54) is 0 Å². The molecule has 0 bridgehead atoms. The van der Waals surface area contributed by atoms with Crippen LogP contribution in [0.5, 0.6) is 11.5 Å². The summed E-state index contributed by atoms with van der Waals surface area (Å²) < 4.78 is 20.7. The SMILES string of the molecule is O=C(OCc1nc(-c2ccccc2)no1)c1ccc2c(c1)OCO2. The minimum atomic E-state index is -0.507. The number of hydrogen-bond donors (Lipinski definition) is 0. The van der Waals surface area contributed by atoms with Gasteiger partial charge in [0.1, 0.15) is 0 Å². The quantitative estimate of drug-likeness (QED) is 0.682. The van der Waals surface area contributed by atoms with E-state index in [0.29, 0.717) is 22.9 Å². The first-order chi connectivity index (χ1) is 11.8. The third-order valence-corrected chi connectivity index (χ3v) is 3.44. The van der Waals surface area contributed by atoms with Crippen LogP contribution in [0.15, 0.2) is 53.1 Å². The van der Waals surface area contributed by atoms with Gasteiger partial charge in [0.15, 0.2) is 18.1 Å². The fraction of sp³-hybridized carbons (Fsp3) is 0.118. The van der Waals surface area contributed by atoms with Gasteiger partial charge in [0.05, 0.1) is 5.56 Å². The summed E-state index contributed by atoms with van der Waals surface area (Å²) in [6, 6.07) is 14.3. The molecule has 0 saturated heterocycles. The van der Waals surface area contributed by atoms with Crippen molar-refractivity contribution < 1.29 is 23.5 Å². The van der Waals surface area contributed by atoms with Crippen molar-refractivity contribution in [2.45, 2.75) is 6.61 Å². The van der Waals surface area contributed by atoms with Gasteiger partial charge in [-0.2, -0.15) is 4.98 Å². The van der Waals surface area contributed by atoms with Gasteiger partial charge in [0.2, 0.25) is 12.6 Å². The highest BCUT2D eigenvalue weighted by Gasteiger charge is 2.18. The molecular weight excluding hydrogens is 312 g/mol. The summed E-state index contributed by atoms with van der Waals surface area (Å²) in [6.07, 6.45) is 0. The number of carbonyl (C=O) groups is 1. The van der Waals surface area contributed by atoms with Crippen LogP contribution in [0.4, 0.5) is 0 Å². The topological polar surface area (TPSA) is 83.7 Å².